The predicted octanol–water partition coefficient (Wildman–Crippen LogP) is 3.31. The number of aliphatic hydroxyl groups excluding tert-OH is 1. The fraction of sp³-hybridized carbons (Fsp3) is 0.594. The van der Waals surface area contributed by atoms with E-state index in [2.05, 4.69) is 0 Å². The van der Waals surface area contributed by atoms with E-state index in [1.807, 2.05) is 92.1 Å². The summed E-state index contributed by atoms with van der Waals surface area (Å²) in [4.78, 5) is 48.6. The normalized spacial score (nSPS) is 31.8. The fourth-order valence-electron chi connectivity index (χ4n) is 7.17. The zero-order valence-electron chi connectivity index (χ0n) is 24.2. The molecule has 8 heteroatoms. The van der Waals surface area contributed by atoms with Gasteiger partial charge < -0.3 is 24.5 Å². The van der Waals surface area contributed by atoms with E-state index in [1.165, 1.54) is 0 Å². The van der Waals surface area contributed by atoms with Crippen molar-refractivity contribution in [2.75, 3.05) is 26.2 Å². The van der Waals surface area contributed by atoms with E-state index in [0.717, 1.165) is 12.0 Å². The Labute approximate surface area is 237 Å². The average Bonchev–Trinajstić information content (AvgIpc) is 3.20. The molecule has 4 aliphatic rings. The highest BCUT2D eigenvalue weighted by Gasteiger charge is 2.75. The summed E-state index contributed by atoms with van der Waals surface area (Å²) in [5.74, 6) is -1.98. The lowest BCUT2D eigenvalue weighted by molar-refractivity contribution is -0.156. The van der Waals surface area contributed by atoms with Crippen LogP contribution in [0.1, 0.15) is 58.9 Å². The zero-order chi connectivity index (χ0) is 28.7. The van der Waals surface area contributed by atoms with Crippen molar-refractivity contribution in [2.24, 2.45) is 11.8 Å². The molecule has 8 nitrogen and oxygen atoms in total. The van der Waals surface area contributed by atoms with E-state index in [1.54, 1.807) is 4.90 Å². The molecule has 4 heterocycles. The number of hydrogen-bond acceptors (Lipinski definition) is 5. The van der Waals surface area contributed by atoms with Gasteiger partial charge in [0, 0.05) is 38.3 Å². The molecule has 1 unspecified atom stereocenters. The lowest BCUT2D eigenvalue weighted by Crippen LogP contribution is -2.59. The second-order valence-electron chi connectivity index (χ2n) is 12.6. The van der Waals surface area contributed by atoms with Crippen molar-refractivity contribution < 1.29 is 24.2 Å². The van der Waals surface area contributed by atoms with Crippen LogP contribution in [0.2, 0.25) is 0 Å². The summed E-state index contributed by atoms with van der Waals surface area (Å²) in [6.45, 7) is 9.74. The van der Waals surface area contributed by atoms with Gasteiger partial charge in [-0.1, -0.05) is 61.6 Å². The molecule has 5 rings (SSSR count). The topological polar surface area (TPSA) is 90.4 Å². The molecule has 40 heavy (non-hydrogen) atoms. The number of hydrogen-bond donors (Lipinski definition) is 1. The molecule has 3 amide bonds. The lowest BCUT2D eigenvalue weighted by atomic mass is 9.73. The van der Waals surface area contributed by atoms with Gasteiger partial charge >= 0.3 is 0 Å². The van der Waals surface area contributed by atoms with Crippen molar-refractivity contribution >= 4 is 17.7 Å². The van der Waals surface area contributed by atoms with Gasteiger partial charge in [0.15, 0.2) is 0 Å². The maximum atomic E-state index is 14.5. The van der Waals surface area contributed by atoms with Crippen LogP contribution in [0.5, 0.6) is 0 Å². The third-order valence-electron chi connectivity index (χ3n) is 9.11. The Bertz CT molecular complexity index is 1190. The van der Waals surface area contributed by atoms with Crippen LogP contribution in [-0.2, 0) is 25.7 Å². The fourth-order valence-corrected chi connectivity index (χ4v) is 7.17. The number of amides is 3. The van der Waals surface area contributed by atoms with Crippen molar-refractivity contribution in [3.8, 4) is 0 Å². The molecule has 0 saturated carbocycles. The first kappa shape index (κ1) is 28.6. The van der Waals surface area contributed by atoms with Crippen molar-refractivity contribution in [2.45, 2.75) is 82.7 Å². The van der Waals surface area contributed by atoms with Gasteiger partial charge in [-0.25, -0.2) is 0 Å². The van der Waals surface area contributed by atoms with Crippen molar-refractivity contribution in [3.05, 3.63) is 60.2 Å². The van der Waals surface area contributed by atoms with Crippen LogP contribution in [-0.4, -0.2) is 86.6 Å². The molecular weight excluding hydrogens is 506 g/mol. The summed E-state index contributed by atoms with van der Waals surface area (Å²) >= 11 is 0. The van der Waals surface area contributed by atoms with Gasteiger partial charge in [0.05, 0.1) is 17.4 Å². The minimum atomic E-state index is -1.23. The van der Waals surface area contributed by atoms with Crippen molar-refractivity contribution in [1.29, 1.82) is 0 Å². The Balaban J connectivity index is 1.59. The van der Waals surface area contributed by atoms with E-state index >= 15 is 0 Å². The molecule has 4 aliphatic heterocycles. The Hall–Kier alpha value is -2.97. The molecule has 0 bridgehead atoms. The van der Waals surface area contributed by atoms with Crippen LogP contribution < -0.4 is 0 Å². The van der Waals surface area contributed by atoms with Crippen LogP contribution in [0.4, 0.5) is 0 Å². The average molecular weight is 550 g/mol. The third-order valence-corrected chi connectivity index (χ3v) is 9.11. The number of unbranched alkanes of at least 4 members (excludes halogenated alkanes) is 2. The molecule has 2 fully saturated rings. The standard InChI is InChI=1S/C32H43N3O5/c1-5-31-16-12-18-33(22-23-14-8-6-9-15-23)27(37)24(31)25-28(38)34(19-10-7-11-21-36)26-29(39)35(30(2,3)4)20-13-17-32(25,26)40-31/h6,8-9,12-17,24-26,36H,5,7,10-11,18-22H2,1-4H3/t24-,25-,26?,31+,32-/m0/s1. The van der Waals surface area contributed by atoms with Gasteiger partial charge in [0.1, 0.15) is 11.6 Å². The van der Waals surface area contributed by atoms with Crippen LogP contribution in [0.25, 0.3) is 0 Å². The number of carbonyl (C=O) groups is 3. The Morgan fingerprint density at radius 3 is 2.33 bits per heavy atom. The van der Waals surface area contributed by atoms with Crippen LogP contribution in [0, 0.1) is 11.8 Å². The molecule has 1 aromatic rings. The second kappa shape index (κ2) is 10.8. The molecular formula is C32H43N3O5. The van der Waals surface area contributed by atoms with Crippen LogP contribution in [0.15, 0.2) is 54.6 Å². The van der Waals surface area contributed by atoms with Crippen LogP contribution in [0.3, 0.4) is 0 Å². The molecule has 0 aromatic heterocycles. The molecule has 0 aliphatic carbocycles. The molecule has 2 saturated heterocycles. The smallest absolute Gasteiger partial charge is 0.249 e. The van der Waals surface area contributed by atoms with Gasteiger partial charge in [0.25, 0.3) is 0 Å². The van der Waals surface area contributed by atoms with Gasteiger partial charge in [-0.2, -0.15) is 0 Å². The van der Waals surface area contributed by atoms with Gasteiger partial charge in [-0.05, 0) is 52.0 Å². The molecule has 1 N–H and O–H groups in total. The Kier molecular flexibility index (Phi) is 7.70. The minimum absolute atomic E-state index is 0.0890. The Morgan fingerprint density at radius 2 is 1.65 bits per heavy atom. The SMILES string of the molecule is CC[C@@]12C=CCN(Cc3ccccc3)C(=O)[C@@H]1[C@H]1C(=O)N(CCCCCO)C3C(=O)N(C(C)(C)C)CC=C[C@@]31O2. The second-order valence-corrected chi connectivity index (χ2v) is 12.6. The summed E-state index contributed by atoms with van der Waals surface area (Å²) in [6.07, 6.45) is 10.4. The van der Waals surface area contributed by atoms with Crippen molar-refractivity contribution in [1.82, 2.24) is 14.7 Å². The van der Waals surface area contributed by atoms with E-state index in [9.17, 15) is 19.5 Å². The number of carbonyl (C=O) groups excluding carboxylic acids is 3. The summed E-state index contributed by atoms with van der Waals surface area (Å²) in [7, 11) is 0. The summed E-state index contributed by atoms with van der Waals surface area (Å²) < 4.78 is 7.04. The first-order chi connectivity index (χ1) is 19.1. The highest BCUT2D eigenvalue weighted by Crippen LogP contribution is 2.58. The lowest BCUT2D eigenvalue weighted by Gasteiger charge is -2.41. The van der Waals surface area contributed by atoms with Gasteiger partial charge in [-0.3, -0.25) is 14.4 Å². The number of likely N-dealkylation sites (tertiary alicyclic amines) is 1. The van der Waals surface area contributed by atoms with Crippen LogP contribution >= 0.6 is 0 Å². The largest absolute Gasteiger partial charge is 0.396 e. The number of benzene rings is 1. The van der Waals surface area contributed by atoms with E-state index in [4.69, 9.17) is 4.74 Å². The highest BCUT2D eigenvalue weighted by molar-refractivity contribution is 6.00. The summed E-state index contributed by atoms with van der Waals surface area (Å²) in [6, 6.07) is 9.02. The molecule has 0 radical (unpaired) electrons. The molecule has 216 valence electrons. The molecule has 1 spiro atoms. The maximum Gasteiger partial charge on any atom is 0.249 e. The molecule has 1 aromatic carbocycles. The first-order valence-corrected chi connectivity index (χ1v) is 14.7. The van der Waals surface area contributed by atoms with E-state index in [0.29, 0.717) is 45.4 Å². The number of aliphatic hydroxyl groups is 1. The monoisotopic (exact) mass is 549 g/mol. The summed E-state index contributed by atoms with van der Waals surface area (Å²) in [5, 5.41) is 9.28. The van der Waals surface area contributed by atoms with E-state index in [-0.39, 0.29) is 24.3 Å². The first-order valence-electron chi connectivity index (χ1n) is 14.7. The quantitative estimate of drug-likeness (QED) is 0.397. The maximum absolute atomic E-state index is 14.5. The number of rotatable bonds is 8. The third kappa shape index (κ3) is 4.59. The van der Waals surface area contributed by atoms with Crippen molar-refractivity contribution in [3.63, 3.8) is 0 Å². The zero-order valence-corrected chi connectivity index (χ0v) is 24.2. The highest BCUT2D eigenvalue weighted by atomic mass is 16.5. The van der Waals surface area contributed by atoms with Gasteiger partial charge in [-0.15, -0.1) is 0 Å². The predicted molar refractivity (Wildman–Crippen MR) is 152 cm³/mol. The molecule has 5 atom stereocenters. The van der Waals surface area contributed by atoms with Gasteiger partial charge in [0.2, 0.25) is 17.7 Å². The summed E-state index contributed by atoms with van der Waals surface area (Å²) in [5.41, 5.74) is -1.65. The minimum Gasteiger partial charge on any atom is -0.396 e. The number of ether oxygens (including phenoxy) is 1. The Morgan fingerprint density at radius 1 is 0.925 bits per heavy atom. The number of nitrogens with zero attached hydrogens (tertiary/aromatic N) is 3. The van der Waals surface area contributed by atoms with E-state index < -0.39 is 34.6 Å². The number of fused-ring (bicyclic) bond motifs is 2.